The number of ether oxygens (including phenoxy) is 1. The molecule has 1 fully saturated rings. The van der Waals surface area contributed by atoms with Crippen LogP contribution in [0.3, 0.4) is 0 Å². The van der Waals surface area contributed by atoms with Gasteiger partial charge in [0.25, 0.3) is 0 Å². The molecule has 0 unspecified atom stereocenters. The number of hydrogen-bond donors (Lipinski definition) is 5. The van der Waals surface area contributed by atoms with Crippen molar-refractivity contribution in [3.8, 4) is 11.1 Å². The fourth-order valence-corrected chi connectivity index (χ4v) is 4.18. The van der Waals surface area contributed by atoms with E-state index < -0.39 is 36.0 Å². The van der Waals surface area contributed by atoms with Gasteiger partial charge >= 0.3 is 18.0 Å². The van der Waals surface area contributed by atoms with Crippen molar-refractivity contribution >= 4 is 23.9 Å². The average Bonchev–Trinajstić information content (AvgIpc) is 3.50. The molecule has 1 saturated heterocycles. The highest BCUT2D eigenvalue weighted by Crippen LogP contribution is 2.44. The normalized spacial score (nSPS) is 17.4. The summed E-state index contributed by atoms with van der Waals surface area (Å²) in [7, 11) is 0. The number of hydrogen-bond acceptors (Lipinski definition) is 6. The van der Waals surface area contributed by atoms with Crippen LogP contribution in [-0.4, -0.2) is 65.4 Å². The maximum atomic E-state index is 12.1. The summed E-state index contributed by atoms with van der Waals surface area (Å²) in [6.07, 6.45) is 1.05. The topological polar surface area (TPSA) is 154 Å². The fourth-order valence-electron chi connectivity index (χ4n) is 4.18. The Kier molecular flexibility index (Phi) is 9.02. The molecular weight excluding hydrogens is 466 g/mol. The highest BCUT2D eigenvalue weighted by Gasteiger charge is 2.29. The van der Waals surface area contributed by atoms with Gasteiger partial charge in [0.1, 0.15) is 24.7 Å². The lowest BCUT2D eigenvalue weighted by atomic mass is 9.98. The quantitative estimate of drug-likeness (QED) is 0.391. The van der Waals surface area contributed by atoms with Crippen LogP contribution in [0.2, 0.25) is 0 Å². The zero-order valence-corrected chi connectivity index (χ0v) is 20.2. The summed E-state index contributed by atoms with van der Waals surface area (Å²) in [6, 6.07) is 13.8. The van der Waals surface area contributed by atoms with Gasteiger partial charge in [0.15, 0.2) is 0 Å². The second kappa shape index (κ2) is 12.2. The van der Waals surface area contributed by atoms with Crippen molar-refractivity contribution in [1.29, 1.82) is 0 Å². The fraction of sp³-hybridized carbons (Fsp3) is 0.385. The monoisotopic (exact) mass is 497 g/mol. The number of carbonyl (C=O) groups excluding carboxylic acids is 2. The van der Waals surface area contributed by atoms with Crippen LogP contribution in [0.4, 0.5) is 4.79 Å². The molecule has 0 spiro atoms. The van der Waals surface area contributed by atoms with Crippen molar-refractivity contribution in [2.45, 2.75) is 50.7 Å². The molecule has 10 nitrogen and oxygen atoms in total. The number of aliphatic carboxylic acids is 2. The third-order valence-electron chi connectivity index (χ3n) is 6.16. The number of carboxylic acids is 2. The first kappa shape index (κ1) is 26.7. The van der Waals surface area contributed by atoms with Crippen LogP contribution in [0.1, 0.15) is 43.7 Å². The van der Waals surface area contributed by atoms with Crippen LogP contribution in [0, 0.1) is 0 Å². The van der Waals surface area contributed by atoms with Crippen molar-refractivity contribution in [3.63, 3.8) is 0 Å². The van der Waals surface area contributed by atoms with Crippen LogP contribution in [0.15, 0.2) is 48.5 Å². The Morgan fingerprint density at radius 3 is 2.00 bits per heavy atom. The molecule has 2 amide bonds. The summed E-state index contributed by atoms with van der Waals surface area (Å²) in [5, 5.41) is 24.8. The maximum Gasteiger partial charge on any atom is 0.407 e. The molecule has 36 heavy (non-hydrogen) atoms. The molecule has 2 aliphatic rings. The summed E-state index contributed by atoms with van der Waals surface area (Å²) in [5.41, 5.74) is 4.44. The number of amides is 2. The SMILES string of the molecule is C[C@H](NC(=O)[C@H](C)NC(=O)OCC1c2ccccc2-c2ccccc21)C(=O)O.O=C(O)[C@@H]1CCCN1. The van der Waals surface area contributed by atoms with Gasteiger partial charge in [-0.25, -0.2) is 4.79 Å². The van der Waals surface area contributed by atoms with E-state index in [4.69, 9.17) is 14.9 Å². The number of carboxylic acid groups (broad SMARTS) is 2. The molecule has 1 aliphatic heterocycles. The van der Waals surface area contributed by atoms with Crippen LogP contribution in [0.5, 0.6) is 0 Å². The summed E-state index contributed by atoms with van der Waals surface area (Å²) < 4.78 is 5.37. The molecule has 192 valence electrons. The molecule has 3 atom stereocenters. The Morgan fingerprint density at radius 2 is 1.53 bits per heavy atom. The number of fused-ring (bicyclic) bond motifs is 3. The van der Waals surface area contributed by atoms with Crippen LogP contribution >= 0.6 is 0 Å². The average molecular weight is 498 g/mol. The van der Waals surface area contributed by atoms with E-state index in [0.29, 0.717) is 0 Å². The van der Waals surface area contributed by atoms with E-state index in [2.05, 4.69) is 16.0 Å². The van der Waals surface area contributed by atoms with Gasteiger partial charge in [-0.15, -0.1) is 0 Å². The van der Waals surface area contributed by atoms with Gasteiger partial charge in [-0.2, -0.15) is 0 Å². The molecule has 0 radical (unpaired) electrons. The Balaban J connectivity index is 0.000000383. The Bertz CT molecular complexity index is 1070. The maximum absolute atomic E-state index is 12.1. The zero-order chi connectivity index (χ0) is 26.2. The molecule has 0 aromatic heterocycles. The summed E-state index contributed by atoms with van der Waals surface area (Å²) in [4.78, 5) is 45.0. The van der Waals surface area contributed by atoms with E-state index in [1.54, 1.807) is 0 Å². The summed E-state index contributed by atoms with van der Waals surface area (Å²) >= 11 is 0. The first-order valence-corrected chi connectivity index (χ1v) is 11.8. The minimum atomic E-state index is -1.15. The van der Waals surface area contributed by atoms with Gasteiger partial charge < -0.3 is 30.9 Å². The second-order valence-corrected chi connectivity index (χ2v) is 8.75. The van der Waals surface area contributed by atoms with E-state index in [1.807, 2.05) is 48.5 Å². The molecule has 1 heterocycles. The number of nitrogens with one attached hydrogen (secondary N) is 3. The van der Waals surface area contributed by atoms with E-state index >= 15 is 0 Å². The highest BCUT2D eigenvalue weighted by atomic mass is 16.5. The lowest BCUT2D eigenvalue weighted by Crippen LogP contribution is -2.49. The third kappa shape index (κ3) is 6.60. The first-order valence-electron chi connectivity index (χ1n) is 11.8. The Morgan fingerprint density at radius 1 is 0.944 bits per heavy atom. The molecule has 0 bridgehead atoms. The van der Waals surface area contributed by atoms with Crippen molar-refractivity contribution in [1.82, 2.24) is 16.0 Å². The number of carbonyl (C=O) groups is 4. The predicted molar refractivity (Wildman–Crippen MR) is 132 cm³/mol. The highest BCUT2D eigenvalue weighted by molar-refractivity contribution is 5.88. The molecule has 2 aromatic rings. The van der Waals surface area contributed by atoms with Crippen LogP contribution in [0.25, 0.3) is 11.1 Å². The first-order chi connectivity index (χ1) is 17.2. The smallest absolute Gasteiger partial charge is 0.407 e. The van der Waals surface area contributed by atoms with Crippen LogP contribution in [-0.2, 0) is 19.1 Å². The van der Waals surface area contributed by atoms with Crippen molar-refractivity contribution < 1.29 is 34.1 Å². The van der Waals surface area contributed by atoms with Gasteiger partial charge in [0.2, 0.25) is 5.91 Å². The predicted octanol–water partition coefficient (Wildman–Crippen LogP) is 2.33. The van der Waals surface area contributed by atoms with Gasteiger partial charge in [0, 0.05) is 5.92 Å². The molecule has 1 aliphatic carbocycles. The third-order valence-corrected chi connectivity index (χ3v) is 6.16. The molecule has 4 rings (SSSR count). The van der Waals surface area contributed by atoms with Gasteiger partial charge in [0.05, 0.1) is 0 Å². The van der Waals surface area contributed by atoms with Gasteiger partial charge in [-0.05, 0) is 55.5 Å². The zero-order valence-electron chi connectivity index (χ0n) is 20.2. The Hall–Kier alpha value is -3.92. The van der Waals surface area contributed by atoms with Crippen molar-refractivity contribution in [3.05, 3.63) is 59.7 Å². The minimum absolute atomic E-state index is 0.0747. The number of alkyl carbamates (subject to hydrolysis) is 1. The van der Waals surface area contributed by atoms with E-state index in [1.165, 1.54) is 13.8 Å². The molecule has 0 saturated carbocycles. The lowest BCUT2D eigenvalue weighted by Gasteiger charge is -2.18. The van der Waals surface area contributed by atoms with Gasteiger partial charge in [-0.1, -0.05) is 48.5 Å². The molecular formula is C26H31N3O7. The standard InChI is InChI=1S/C21H22N2O5.C5H9NO2/c1-12(19(24)22-13(2)20(25)26)23-21(27)28-11-18-16-9-5-3-7-14(16)15-8-4-6-10-17(15)18;7-5(8)4-2-1-3-6-4/h3-10,12-13,18H,11H2,1-2H3,(H,22,24)(H,23,27)(H,25,26);4,6H,1-3H2,(H,7,8)/t12-,13-;4-/m00/s1. The van der Waals surface area contributed by atoms with Crippen molar-refractivity contribution in [2.75, 3.05) is 13.2 Å². The van der Waals surface area contributed by atoms with E-state index in [0.717, 1.165) is 41.6 Å². The van der Waals surface area contributed by atoms with E-state index in [9.17, 15) is 19.2 Å². The Labute approximate surface area is 209 Å². The number of benzene rings is 2. The molecule has 5 N–H and O–H groups in total. The second-order valence-electron chi connectivity index (χ2n) is 8.75. The summed E-state index contributed by atoms with van der Waals surface area (Å²) in [6.45, 7) is 3.81. The largest absolute Gasteiger partial charge is 0.480 e. The lowest BCUT2D eigenvalue weighted by molar-refractivity contribution is -0.141. The molecule has 2 aromatic carbocycles. The van der Waals surface area contributed by atoms with E-state index in [-0.39, 0.29) is 18.6 Å². The molecule has 10 heteroatoms. The summed E-state index contributed by atoms with van der Waals surface area (Å²) in [5.74, 6) is -2.54. The van der Waals surface area contributed by atoms with Gasteiger partial charge in [-0.3, -0.25) is 14.4 Å². The van der Waals surface area contributed by atoms with Crippen molar-refractivity contribution in [2.24, 2.45) is 0 Å². The number of rotatable bonds is 7. The minimum Gasteiger partial charge on any atom is -0.480 e. The van der Waals surface area contributed by atoms with Crippen LogP contribution < -0.4 is 16.0 Å².